The number of H-pyrrole nitrogens is 1. The molecule has 0 aliphatic heterocycles. The molecule has 0 bridgehead atoms. The molecule has 6 nitrogen and oxygen atoms in total. The largest absolute Gasteiger partial charge is 0.490 e. The summed E-state index contributed by atoms with van der Waals surface area (Å²) >= 11 is 0. The number of nitrogens with two attached hydrogens (primary N) is 1. The molecular weight excluding hydrogens is 412 g/mol. The van der Waals surface area contributed by atoms with Crippen molar-refractivity contribution in [1.29, 1.82) is 0 Å². The number of aryl methyl sites for hydroxylation is 2. The lowest BCUT2D eigenvalue weighted by Gasteiger charge is -2.15. The van der Waals surface area contributed by atoms with Crippen molar-refractivity contribution in [2.45, 2.75) is 26.3 Å². The normalized spacial score (nSPS) is 12.2. The molecule has 2 aromatic carbocycles. The predicted octanol–water partition coefficient (Wildman–Crippen LogP) is 5.45. The number of nitrogens with zero attached hydrogens (tertiary/aromatic N) is 2. The van der Waals surface area contributed by atoms with Crippen LogP contribution >= 0.6 is 0 Å². The van der Waals surface area contributed by atoms with Gasteiger partial charge in [0.05, 0.1) is 17.4 Å². The van der Waals surface area contributed by atoms with Gasteiger partial charge in [-0.3, -0.25) is 5.10 Å². The number of fused-ring (bicyclic) bond motifs is 1. The van der Waals surface area contributed by atoms with E-state index in [1.165, 1.54) is 5.56 Å². The molecular formula is C27H26N4O2. The van der Waals surface area contributed by atoms with E-state index < -0.39 is 0 Å². The highest BCUT2D eigenvalue weighted by molar-refractivity contribution is 5.89. The van der Waals surface area contributed by atoms with Crippen molar-refractivity contribution < 1.29 is 9.15 Å². The van der Waals surface area contributed by atoms with Crippen LogP contribution in [0.1, 0.15) is 17.0 Å². The highest BCUT2D eigenvalue weighted by Crippen LogP contribution is 2.35. The Balaban J connectivity index is 1.45. The van der Waals surface area contributed by atoms with E-state index in [0.717, 1.165) is 51.4 Å². The quantitative estimate of drug-likeness (QED) is 0.353. The maximum absolute atomic E-state index is 6.32. The second kappa shape index (κ2) is 8.92. The van der Waals surface area contributed by atoms with Gasteiger partial charge in [-0.05, 0) is 61.7 Å². The van der Waals surface area contributed by atoms with Crippen LogP contribution in [-0.2, 0) is 6.42 Å². The van der Waals surface area contributed by atoms with E-state index in [1.807, 2.05) is 56.3 Å². The van der Waals surface area contributed by atoms with Crippen LogP contribution in [0.2, 0.25) is 0 Å². The Hall–Kier alpha value is -3.90. The molecule has 0 amide bonds. The highest BCUT2D eigenvalue weighted by Gasteiger charge is 2.16. The molecule has 3 N–H and O–H groups in total. The van der Waals surface area contributed by atoms with Crippen LogP contribution in [0.5, 0.6) is 5.75 Å². The van der Waals surface area contributed by atoms with Crippen LogP contribution in [0.3, 0.4) is 0 Å². The number of benzene rings is 2. The number of pyridine rings is 1. The molecule has 3 aromatic heterocycles. The summed E-state index contributed by atoms with van der Waals surface area (Å²) in [6.45, 7) is 4.32. The molecule has 0 aliphatic rings. The fraction of sp³-hybridized carbons (Fsp3) is 0.185. The van der Waals surface area contributed by atoms with E-state index in [9.17, 15) is 0 Å². The van der Waals surface area contributed by atoms with Crippen LogP contribution in [0, 0.1) is 13.8 Å². The van der Waals surface area contributed by atoms with Gasteiger partial charge < -0.3 is 14.9 Å². The number of aromatic nitrogens is 3. The molecule has 0 radical (unpaired) electrons. The Labute approximate surface area is 192 Å². The Morgan fingerprint density at radius 2 is 1.88 bits per heavy atom. The lowest BCUT2D eigenvalue weighted by Crippen LogP contribution is -2.30. The van der Waals surface area contributed by atoms with Crippen LogP contribution in [0.4, 0.5) is 0 Å². The third-order valence-corrected chi connectivity index (χ3v) is 5.71. The van der Waals surface area contributed by atoms with Crippen molar-refractivity contribution in [1.82, 2.24) is 15.2 Å². The molecule has 166 valence electrons. The summed E-state index contributed by atoms with van der Waals surface area (Å²) in [6, 6.07) is 22.2. The number of rotatable bonds is 7. The second-order valence-corrected chi connectivity index (χ2v) is 8.31. The van der Waals surface area contributed by atoms with E-state index >= 15 is 0 Å². The minimum Gasteiger partial charge on any atom is -0.490 e. The molecule has 0 saturated carbocycles. The average molecular weight is 439 g/mol. The van der Waals surface area contributed by atoms with Gasteiger partial charge in [0.1, 0.15) is 23.8 Å². The monoisotopic (exact) mass is 438 g/mol. The summed E-state index contributed by atoms with van der Waals surface area (Å²) in [4.78, 5) is 4.71. The van der Waals surface area contributed by atoms with Gasteiger partial charge in [-0.15, -0.1) is 0 Å². The zero-order valence-corrected chi connectivity index (χ0v) is 18.7. The summed E-state index contributed by atoms with van der Waals surface area (Å²) in [7, 11) is 0. The van der Waals surface area contributed by atoms with Crippen LogP contribution < -0.4 is 10.5 Å². The molecule has 0 saturated heterocycles. The summed E-state index contributed by atoms with van der Waals surface area (Å²) in [5.41, 5.74) is 12.2. The number of hydrogen-bond acceptors (Lipinski definition) is 5. The van der Waals surface area contributed by atoms with Crippen LogP contribution in [0.15, 0.2) is 77.3 Å². The fourth-order valence-corrected chi connectivity index (χ4v) is 3.99. The Morgan fingerprint density at radius 3 is 2.67 bits per heavy atom. The molecule has 1 atom stereocenters. The zero-order valence-electron chi connectivity index (χ0n) is 18.7. The molecule has 5 aromatic rings. The van der Waals surface area contributed by atoms with Gasteiger partial charge in [-0.25, -0.2) is 4.98 Å². The number of ether oxygens (including phenoxy) is 1. The molecule has 0 unspecified atom stereocenters. The topological polar surface area (TPSA) is 90.0 Å². The molecule has 0 fully saturated rings. The smallest absolute Gasteiger partial charge is 0.153 e. The molecule has 6 heteroatoms. The van der Waals surface area contributed by atoms with Crippen molar-refractivity contribution >= 4 is 10.9 Å². The van der Waals surface area contributed by atoms with Gasteiger partial charge in [-0.2, -0.15) is 5.10 Å². The predicted molar refractivity (Wildman–Crippen MR) is 130 cm³/mol. The second-order valence-electron chi connectivity index (χ2n) is 8.31. The molecule has 5 rings (SSSR count). The first-order valence-corrected chi connectivity index (χ1v) is 11.0. The van der Waals surface area contributed by atoms with Crippen LogP contribution in [0.25, 0.3) is 33.5 Å². The SMILES string of the molecule is Cc1ccc(-c2ncc(OC[C@@H](N)Cc3ccccc3)cc2-c2ccc3[nH]nc(C)c3c2)o1. The fourth-order valence-electron chi connectivity index (χ4n) is 3.99. The Bertz CT molecular complexity index is 1390. The highest BCUT2D eigenvalue weighted by atomic mass is 16.5. The number of nitrogens with one attached hydrogen (secondary N) is 1. The standard InChI is InChI=1S/C27H26N4O2/c1-17-8-11-26(33-17)27-24(20-9-10-25-23(13-20)18(2)30-31-25)14-22(15-29-27)32-16-21(28)12-19-6-4-3-5-7-19/h3-11,13-15,21H,12,16,28H2,1-2H3,(H,30,31)/t21-/m0/s1. The third kappa shape index (κ3) is 4.52. The van der Waals surface area contributed by atoms with Crippen molar-refractivity contribution in [3.8, 4) is 28.3 Å². The van der Waals surface area contributed by atoms with Gasteiger partial charge >= 0.3 is 0 Å². The van der Waals surface area contributed by atoms with Crippen LogP contribution in [-0.4, -0.2) is 27.8 Å². The minimum absolute atomic E-state index is 0.117. The third-order valence-electron chi connectivity index (χ3n) is 5.71. The van der Waals surface area contributed by atoms with Gasteiger partial charge in [0.15, 0.2) is 5.76 Å². The minimum atomic E-state index is -0.117. The maximum atomic E-state index is 6.32. The van der Waals surface area contributed by atoms with E-state index in [4.69, 9.17) is 19.9 Å². The first kappa shape index (κ1) is 21.0. The number of hydrogen-bond donors (Lipinski definition) is 2. The van der Waals surface area contributed by atoms with Crippen molar-refractivity contribution in [3.05, 3.63) is 89.9 Å². The van der Waals surface area contributed by atoms with Gasteiger partial charge in [0, 0.05) is 17.0 Å². The van der Waals surface area contributed by atoms with E-state index in [-0.39, 0.29) is 6.04 Å². The Morgan fingerprint density at radius 1 is 1.03 bits per heavy atom. The van der Waals surface area contributed by atoms with Crippen molar-refractivity contribution in [2.75, 3.05) is 6.61 Å². The first-order chi connectivity index (χ1) is 16.1. The number of aromatic amines is 1. The van der Waals surface area contributed by atoms with Crippen molar-refractivity contribution in [2.24, 2.45) is 5.73 Å². The van der Waals surface area contributed by atoms with E-state index in [2.05, 4.69) is 34.5 Å². The summed E-state index contributed by atoms with van der Waals surface area (Å²) in [5, 5.41) is 8.45. The summed E-state index contributed by atoms with van der Waals surface area (Å²) < 4.78 is 11.9. The molecule has 0 spiro atoms. The summed E-state index contributed by atoms with van der Waals surface area (Å²) in [5.74, 6) is 2.23. The average Bonchev–Trinajstić information content (AvgIpc) is 3.43. The number of furan rings is 1. The lowest BCUT2D eigenvalue weighted by molar-refractivity contribution is 0.287. The first-order valence-electron chi connectivity index (χ1n) is 11.0. The Kier molecular flexibility index (Phi) is 5.67. The van der Waals surface area contributed by atoms with Gasteiger partial charge in [0.2, 0.25) is 0 Å². The van der Waals surface area contributed by atoms with Crippen molar-refractivity contribution in [3.63, 3.8) is 0 Å². The van der Waals surface area contributed by atoms with E-state index in [0.29, 0.717) is 12.4 Å². The zero-order chi connectivity index (χ0) is 22.8. The molecule has 3 heterocycles. The van der Waals surface area contributed by atoms with Gasteiger partial charge in [0.25, 0.3) is 0 Å². The summed E-state index contributed by atoms with van der Waals surface area (Å²) in [6.07, 6.45) is 2.48. The maximum Gasteiger partial charge on any atom is 0.153 e. The van der Waals surface area contributed by atoms with Gasteiger partial charge in [-0.1, -0.05) is 36.4 Å². The molecule has 0 aliphatic carbocycles. The molecule has 33 heavy (non-hydrogen) atoms. The van der Waals surface area contributed by atoms with E-state index in [1.54, 1.807) is 6.20 Å². The lowest BCUT2D eigenvalue weighted by atomic mass is 10.0.